The molecule has 0 saturated heterocycles. The van der Waals surface area contributed by atoms with Gasteiger partial charge in [-0.05, 0) is 83.9 Å². The van der Waals surface area contributed by atoms with E-state index in [2.05, 4.69) is 31.9 Å². The molecule has 3 N–H and O–H groups in total. The van der Waals surface area contributed by atoms with Gasteiger partial charge in [-0.3, -0.25) is 14.4 Å². The predicted molar refractivity (Wildman–Crippen MR) is 179 cm³/mol. The van der Waals surface area contributed by atoms with Crippen molar-refractivity contribution in [2.45, 2.75) is 17.1 Å². The van der Waals surface area contributed by atoms with Crippen LogP contribution in [0.2, 0.25) is 0 Å². The van der Waals surface area contributed by atoms with E-state index in [1.807, 2.05) is 91.9 Å². The van der Waals surface area contributed by atoms with Gasteiger partial charge in [-0.2, -0.15) is 0 Å². The summed E-state index contributed by atoms with van der Waals surface area (Å²) in [7, 11) is 0. The SMILES string of the molecule is CC(Sc1cccc(NC(=O)/C(=C/c2ccc(Br)cc2)NC(=O)c2ccccc2)c1)C(=O)Nc1ccc2ccccc2c1. The summed E-state index contributed by atoms with van der Waals surface area (Å²) >= 11 is 4.80. The van der Waals surface area contributed by atoms with Gasteiger partial charge in [0, 0.05) is 26.3 Å². The summed E-state index contributed by atoms with van der Waals surface area (Å²) in [6, 6.07) is 37.2. The van der Waals surface area contributed by atoms with Crippen LogP contribution >= 0.6 is 27.7 Å². The fourth-order valence-electron chi connectivity index (χ4n) is 4.28. The molecule has 6 nitrogen and oxygen atoms in total. The third-order valence-corrected chi connectivity index (χ3v) is 8.12. The third kappa shape index (κ3) is 8.22. The van der Waals surface area contributed by atoms with Crippen molar-refractivity contribution in [3.05, 3.63) is 143 Å². The van der Waals surface area contributed by atoms with Gasteiger partial charge in [-0.1, -0.05) is 82.7 Å². The Hall–Kier alpha value is -4.66. The van der Waals surface area contributed by atoms with Gasteiger partial charge >= 0.3 is 0 Å². The topological polar surface area (TPSA) is 87.3 Å². The highest BCUT2D eigenvalue weighted by molar-refractivity contribution is 9.10. The lowest BCUT2D eigenvalue weighted by Gasteiger charge is -2.14. The number of anilines is 2. The number of amides is 3. The second-order valence-electron chi connectivity index (χ2n) is 9.72. The first-order valence-corrected chi connectivity index (χ1v) is 15.2. The maximum Gasteiger partial charge on any atom is 0.272 e. The van der Waals surface area contributed by atoms with Crippen LogP contribution in [-0.2, 0) is 9.59 Å². The second-order valence-corrected chi connectivity index (χ2v) is 12.1. The molecule has 5 aromatic carbocycles. The van der Waals surface area contributed by atoms with Gasteiger partial charge < -0.3 is 16.0 Å². The first kappa shape index (κ1) is 29.8. The highest BCUT2D eigenvalue weighted by Gasteiger charge is 2.17. The molecular weight excluding hydrogens is 622 g/mol. The van der Waals surface area contributed by atoms with Gasteiger partial charge in [-0.25, -0.2) is 0 Å². The van der Waals surface area contributed by atoms with Gasteiger partial charge in [0.05, 0.1) is 5.25 Å². The Morgan fingerprint density at radius 2 is 1.42 bits per heavy atom. The summed E-state index contributed by atoms with van der Waals surface area (Å²) in [6.45, 7) is 1.84. The number of halogens is 1. The maximum absolute atomic E-state index is 13.4. The normalized spacial score (nSPS) is 11.9. The van der Waals surface area contributed by atoms with Crippen LogP contribution in [-0.4, -0.2) is 23.0 Å². The molecule has 214 valence electrons. The van der Waals surface area contributed by atoms with Crippen molar-refractivity contribution >= 4 is 73.6 Å². The largest absolute Gasteiger partial charge is 0.325 e. The molecule has 0 radical (unpaired) electrons. The quantitative estimate of drug-likeness (QED) is 0.111. The van der Waals surface area contributed by atoms with Crippen molar-refractivity contribution in [3.63, 3.8) is 0 Å². The summed E-state index contributed by atoms with van der Waals surface area (Å²) in [6.07, 6.45) is 1.63. The molecule has 0 fully saturated rings. The van der Waals surface area contributed by atoms with E-state index in [-0.39, 0.29) is 11.6 Å². The summed E-state index contributed by atoms with van der Waals surface area (Å²) in [5, 5.41) is 10.4. The lowest BCUT2D eigenvalue weighted by Crippen LogP contribution is -2.30. The van der Waals surface area contributed by atoms with Gasteiger partial charge in [0.15, 0.2) is 0 Å². The fourth-order valence-corrected chi connectivity index (χ4v) is 5.47. The molecule has 0 spiro atoms. The monoisotopic (exact) mass is 649 g/mol. The van der Waals surface area contributed by atoms with Crippen LogP contribution in [0.3, 0.4) is 0 Å². The maximum atomic E-state index is 13.4. The summed E-state index contributed by atoms with van der Waals surface area (Å²) in [4.78, 5) is 40.1. The molecule has 1 atom stereocenters. The third-order valence-electron chi connectivity index (χ3n) is 6.50. The Balaban J connectivity index is 1.27. The minimum Gasteiger partial charge on any atom is -0.325 e. The standard InChI is InChI=1S/C35H28BrN3O3S/c1-23(33(40)37-30-19-16-25-8-5-6-11-27(25)21-30)43-31-13-7-12-29(22-31)38-35(42)32(20-24-14-17-28(36)18-15-24)39-34(41)26-9-3-2-4-10-26/h2-23H,1H3,(H,37,40)(H,38,42)(H,39,41)/b32-20-. The predicted octanol–water partition coefficient (Wildman–Crippen LogP) is 8.13. The van der Waals surface area contributed by atoms with Crippen molar-refractivity contribution in [2.75, 3.05) is 10.6 Å². The number of hydrogen-bond donors (Lipinski definition) is 3. The zero-order chi connectivity index (χ0) is 30.2. The minimum atomic E-state index is -0.476. The molecule has 43 heavy (non-hydrogen) atoms. The average Bonchev–Trinajstić information content (AvgIpc) is 3.02. The summed E-state index contributed by atoms with van der Waals surface area (Å²) in [5.41, 5.74) is 2.55. The Kier molecular flexibility index (Phi) is 9.71. The second kappa shape index (κ2) is 14.0. The van der Waals surface area contributed by atoms with Crippen LogP contribution in [0.25, 0.3) is 16.8 Å². The lowest BCUT2D eigenvalue weighted by atomic mass is 10.1. The van der Waals surface area contributed by atoms with Crippen molar-refractivity contribution < 1.29 is 14.4 Å². The molecule has 0 aliphatic carbocycles. The number of fused-ring (bicyclic) bond motifs is 1. The van der Waals surface area contributed by atoms with Gasteiger partial charge in [0.25, 0.3) is 11.8 Å². The van der Waals surface area contributed by atoms with E-state index in [1.165, 1.54) is 11.8 Å². The van der Waals surface area contributed by atoms with Crippen molar-refractivity contribution in [3.8, 4) is 0 Å². The van der Waals surface area contributed by atoms with Crippen LogP contribution in [0.1, 0.15) is 22.8 Å². The Morgan fingerprint density at radius 1 is 0.721 bits per heavy atom. The van der Waals surface area contributed by atoms with Crippen LogP contribution in [0, 0.1) is 0 Å². The zero-order valence-corrected chi connectivity index (χ0v) is 25.6. The summed E-state index contributed by atoms with van der Waals surface area (Å²) < 4.78 is 0.901. The number of thioether (sulfide) groups is 1. The highest BCUT2D eigenvalue weighted by atomic mass is 79.9. The molecular formula is C35H28BrN3O3S. The Bertz CT molecular complexity index is 1810. The van der Waals surface area contributed by atoms with Crippen molar-refractivity contribution in [1.29, 1.82) is 0 Å². The van der Waals surface area contributed by atoms with Crippen LogP contribution < -0.4 is 16.0 Å². The number of hydrogen-bond acceptors (Lipinski definition) is 4. The number of carbonyl (C=O) groups is 3. The molecule has 5 aromatic rings. The molecule has 0 aliphatic heterocycles. The van der Waals surface area contributed by atoms with E-state index in [1.54, 1.807) is 42.5 Å². The minimum absolute atomic E-state index is 0.0948. The van der Waals surface area contributed by atoms with E-state index in [4.69, 9.17) is 0 Å². The molecule has 0 aromatic heterocycles. The van der Waals surface area contributed by atoms with Gasteiger partial charge in [0.1, 0.15) is 5.70 Å². The van der Waals surface area contributed by atoms with Gasteiger partial charge in [0.2, 0.25) is 5.91 Å². The first-order chi connectivity index (χ1) is 20.8. The molecule has 5 rings (SSSR count). The molecule has 8 heteroatoms. The van der Waals surface area contributed by atoms with E-state index in [0.717, 1.165) is 31.4 Å². The Morgan fingerprint density at radius 3 is 2.19 bits per heavy atom. The lowest BCUT2D eigenvalue weighted by molar-refractivity contribution is -0.115. The van der Waals surface area contributed by atoms with Crippen molar-refractivity contribution in [2.24, 2.45) is 0 Å². The number of nitrogens with one attached hydrogen (secondary N) is 3. The van der Waals surface area contributed by atoms with Crippen molar-refractivity contribution in [1.82, 2.24) is 5.32 Å². The fraction of sp³-hybridized carbons (Fsp3) is 0.0571. The number of rotatable bonds is 9. The Labute approximate surface area is 262 Å². The molecule has 3 amide bonds. The highest BCUT2D eigenvalue weighted by Crippen LogP contribution is 2.27. The smallest absolute Gasteiger partial charge is 0.272 e. The molecule has 0 bridgehead atoms. The van der Waals surface area contributed by atoms with Crippen LogP contribution in [0.15, 0.2) is 136 Å². The number of benzene rings is 5. The van der Waals surface area contributed by atoms with E-state index < -0.39 is 17.1 Å². The molecule has 0 heterocycles. The molecule has 0 aliphatic rings. The average molecular weight is 651 g/mol. The van der Waals surface area contributed by atoms with E-state index in [9.17, 15) is 14.4 Å². The summed E-state index contributed by atoms with van der Waals surface area (Å²) in [5.74, 6) is -0.996. The van der Waals surface area contributed by atoms with E-state index in [0.29, 0.717) is 11.3 Å². The molecule has 0 saturated carbocycles. The first-order valence-electron chi connectivity index (χ1n) is 13.6. The number of carbonyl (C=O) groups excluding carboxylic acids is 3. The zero-order valence-electron chi connectivity index (χ0n) is 23.2. The van der Waals surface area contributed by atoms with Crippen LogP contribution in [0.5, 0.6) is 0 Å². The van der Waals surface area contributed by atoms with E-state index >= 15 is 0 Å². The molecule has 1 unspecified atom stereocenters. The van der Waals surface area contributed by atoms with Crippen LogP contribution in [0.4, 0.5) is 11.4 Å². The van der Waals surface area contributed by atoms with Gasteiger partial charge in [-0.15, -0.1) is 11.8 Å².